The highest BCUT2D eigenvalue weighted by Gasteiger charge is 2.36. The van der Waals surface area contributed by atoms with Crippen LogP contribution in [-0.4, -0.2) is 21.6 Å². The summed E-state index contributed by atoms with van der Waals surface area (Å²) < 4.78 is 1.60. The second-order valence-corrected chi connectivity index (χ2v) is 7.33. The molecule has 1 aliphatic heterocycles. The first kappa shape index (κ1) is 18.3. The lowest BCUT2D eigenvalue weighted by Gasteiger charge is -2.10. The molecule has 3 aromatic rings. The number of nitrogens with zero attached hydrogens (tertiary/aromatic N) is 2. The third-order valence-corrected chi connectivity index (χ3v) is 4.95. The number of amides is 2. The van der Waals surface area contributed by atoms with Gasteiger partial charge in [0, 0.05) is 16.3 Å². The van der Waals surface area contributed by atoms with Gasteiger partial charge in [-0.15, -0.1) is 0 Å². The van der Waals surface area contributed by atoms with Crippen LogP contribution in [0.15, 0.2) is 48.5 Å². The van der Waals surface area contributed by atoms with Crippen molar-refractivity contribution in [1.82, 2.24) is 9.78 Å². The summed E-state index contributed by atoms with van der Waals surface area (Å²) in [6, 6.07) is 14.2. The molecule has 1 unspecified atom stereocenters. The Kier molecular flexibility index (Phi) is 4.65. The highest BCUT2D eigenvalue weighted by molar-refractivity contribution is 6.30. The van der Waals surface area contributed by atoms with Gasteiger partial charge in [0.15, 0.2) is 0 Å². The fourth-order valence-corrected chi connectivity index (χ4v) is 3.67. The topological polar surface area (TPSA) is 76.0 Å². The molecule has 0 saturated heterocycles. The largest absolute Gasteiger partial charge is 0.326 e. The molecule has 7 heteroatoms. The van der Waals surface area contributed by atoms with Crippen molar-refractivity contribution >= 4 is 34.9 Å². The maximum absolute atomic E-state index is 12.5. The Hall–Kier alpha value is -3.12. The van der Waals surface area contributed by atoms with Crippen LogP contribution in [0.1, 0.15) is 23.7 Å². The minimum atomic E-state index is -0.688. The molecular weight excluding hydrogens is 376 g/mol. The predicted molar refractivity (Wildman–Crippen MR) is 110 cm³/mol. The van der Waals surface area contributed by atoms with Gasteiger partial charge < -0.3 is 10.6 Å². The van der Waals surface area contributed by atoms with Gasteiger partial charge in [0.05, 0.1) is 12.1 Å². The Bertz CT molecular complexity index is 1090. The lowest BCUT2D eigenvalue weighted by molar-refractivity contribution is -0.123. The molecule has 1 atom stereocenters. The molecule has 6 nitrogen and oxygen atoms in total. The van der Waals surface area contributed by atoms with Crippen molar-refractivity contribution in [3.63, 3.8) is 0 Å². The zero-order valence-corrected chi connectivity index (χ0v) is 16.2. The first-order chi connectivity index (χ1) is 13.4. The number of aryl methyl sites for hydroxylation is 2. The minimum absolute atomic E-state index is 0.00286. The number of anilines is 2. The number of nitrogens with one attached hydrogen (secondary N) is 2. The van der Waals surface area contributed by atoms with Crippen molar-refractivity contribution in [3.8, 4) is 11.1 Å². The molecule has 142 valence electrons. The molecule has 2 heterocycles. The highest BCUT2D eigenvalue weighted by Crippen LogP contribution is 2.38. The molecule has 4 rings (SSSR count). The number of carbonyl (C=O) groups is 2. The van der Waals surface area contributed by atoms with Crippen molar-refractivity contribution in [3.05, 3.63) is 64.8 Å². The SMILES string of the molecule is Cc1cccc(NC(=O)CC2C(=O)Nc3c(-c4cccc(Cl)c4)c(C)nn32)c1. The number of hydrogen-bond donors (Lipinski definition) is 2. The van der Waals surface area contributed by atoms with Gasteiger partial charge >= 0.3 is 0 Å². The molecule has 2 amide bonds. The molecule has 0 saturated carbocycles. The van der Waals surface area contributed by atoms with Gasteiger partial charge in [-0.05, 0) is 49.2 Å². The fourth-order valence-electron chi connectivity index (χ4n) is 3.48. The first-order valence-corrected chi connectivity index (χ1v) is 9.32. The average molecular weight is 395 g/mol. The van der Waals surface area contributed by atoms with Crippen LogP contribution >= 0.6 is 11.6 Å². The summed E-state index contributed by atoms with van der Waals surface area (Å²) in [7, 11) is 0. The third-order valence-electron chi connectivity index (χ3n) is 4.72. The van der Waals surface area contributed by atoms with E-state index in [4.69, 9.17) is 11.6 Å². The second-order valence-electron chi connectivity index (χ2n) is 6.89. The van der Waals surface area contributed by atoms with Crippen molar-refractivity contribution in [2.45, 2.75) is 26.3 Å². The zero-order chi connectivity index (χ0) is 19.8. The molecule has 0 radical (unpaired) electrons. The van der Waals surface area contributed by atoms with Crippen molar-refractivity contribution in [2.24, 2.45) is 0 Å². The lowest BCUT2D eigenvalue weighted by Crippen LogP contribution is -2.23. The van der Waals surface area contributed by atoms with Gasteiger partial charge in [0.1, 0.15) is 11.9 Å². The van der Waals surface area contributed by atoms with Crippen LogP contribution in [0.25, 0.3) is 11.1 Å². The summed E-state index contributed by atoms with van der Waals surface area (Å²) in [6.07, 6.45) is 0.00286. The molecule has 0 spiro atoms. The molecule has 0 bridgehead atoms. The van der Waals surface area contributed by atoms with Gasteiger partial charge in [0.2, 0.25) is 5.91 Å². The molecule has 1 aliphatic rings. The normalized spacial score (nSPS) is 15.2. The minimum Gasteiger partial charge on any atom is -0.326 e. The van der Waals surface area contributed by atoms with Crippen molar-refractivity contribution in [1.29, 1.82) is 0 Å². The Balaban J connectivity index is 1.59. The van der Waals surface area contributed by atoms with Gasteiger partial charge in [-0.25, -0.2) is 4.68 Å². The van der Waals surface area contributed by atoms with E-state index in [1.807, 2.05) is 56.3 Å². The van der Waals surface area contributed by atoms with E-state index in [1.165, 1.54) is 0 Å². The summed E-state index contributed by atoms with van der Waals surface area (Å²) in [6.45, 7) is 3.83. The van der Waals surface area contributed by atoms with Crippen molar-refractivity contribution in [2.75, 3.05) is 10.6 Å². The number of aromatic nitrogens is 2. The van der Waals surface area contributed by atoms with E-state index in [9.17, 15) is 9.59 Å². The summed E-state index contributed by atoms with van der Waals surface area (Å²) >= 11 is 6.11. The molecule has 1 aromatic heterocycles. The molecule has 2 aromatic carbocycles. The number of fused-ring (bicyclic) bond motifs is 1. The van der Waals surface area contributed by atoms with E-state index in [0.717, 1.165) is 22.4 Å². The van der Waals surface area contributed by atoms with Crippen LogP contribution in [0.3, 0.4) is 0 Å². The number of carbonyl (C=O) groups excluding carboxylic acids is 2. The van der Waals surface area contributed by atoms with Gasteiger partial charge in [-0.3, -0.25) is 9.59 Å². The zero-order valence-electron chi connectivity index (χ0n) is 15.5. The summed E-state index contributed by atoms with van der Waals surface area (Å²) in [5.41, 5.74) is 4.21. The van der Waals surface area contributed by atoms with E-state index < -0.39 is 6.04 Å². The number of benzene rings is 2. The Morgan fingerprint density at radius 2 is 2.00 bits per heavy atom. The van der Waals surface area contributed by atoms with Gasteiger partial charge in [-0.1, -0.05) is 35.9 Å². The Morgan fingerprint density at radius 3 is 2.75 bits per heavy atom. The van der Waals surface area contributed by atoms with Gasteiger partial charge in [0.25, 0.3) is 5.91 Å². The van der Waals surface area contributed by atoms with Crippen molar-refractivity contribution < 1.29 is 9.59 Å². The molecule has 0 fully saturated rings. The predicted octanol–water partition coefficient (Wildman–Crippen LogP) is 4.34. The number of hydrogen-bond acceptors (Lipinski definition) is 3. The quantitative estimate of drug-likeness (QED) is 0.691. The maximum atomic E-state index is 12.5. The molecule has 0 aliphatic carbocycles. The standard InChI is InChI=1S/C21H19ClN4O2/c1-12-5-3-8-16(9-12)23-18(27)11-17-21(28)24-20-19(13(2)25-26(17)20)14-6-4-7-15(22)10-14/h3-10,17H,11H2,1-2H3,(H,23,27)(H,24,28). The van der Waals surface area contributed by atoms with E-state index >= 15 is 0 Å². The molecule has 28 heavy (non-hydrogen) atoms. The van der Waals surface area contributed by atoms with Crippen LogP contribution in [-0.2, 0) is 9.59 Å². The average Bonchev–Trinajstić information content (AvgIpc) is 3.09. The van der Waals surface area contributed by atoms with Crippen LogP contribution in [0, 0.1) is 13.8 Å². The lowest BCUT2D eigenvalue weighted by atomic mass is 10.1. The Labute approximate surface area is 167 Å². The van der Waals surface area contributed by atoms with Crippen LogP contribution in [0.4, 0.5) is 11.5 Å². The van der Waals surface area contributed by atoms with E-state index in [0.29, 0.717) is 16.5 Å². The van der Waals surface area contributed by atoms with Crippen LogP contribution in [0.5, 0.6) is 0 Å². The summed E-state index contributed by atoms with van der Waals surface area (Å²) in [4.78, 5) is 25.0. The molecule has 2 N–H and O–H groups in total. The second kappa shape index (κ2) is 7.13. The first-order valence-electron chi connectivity index (χ1n) is 8.95. The maximum Gasteiger partial charge on any atom is 0.251 e. The van der Waals surface area contributed by atoms with E-state index in [1.54, 1.807) is 10.7 Å². The highest BCUT2D eigenvalue weighted by atomic mass is 35.5. The Morgan fingerprint density at radius 1 is 1.21 bits per heavy atom. The van der Waals surface area contributed by atoms with E-state index in [-0.39, 0.29) is 18.2 Å². The third kappa shape index (κ3) is 3.39. The summed E-state index contributed by atoms with van der Waals surface area (Å²) in [5.74, 6) is 0.111. The van der Waals surface area contributed by atoms with Gasteiger partial charge in [-0.2, -0.15) is 5.10 Å². The molecular formula is C21H19ClN4O2. The summed E-state index contributed by atoms with van der Waals surface area (Å²) in [5, 5.41) is 10.8. The van der Waals surface area contributed by atoms with E-state index in [2.05, 4.69) is 15.7 Å². The fraction of sp³-hybridized carbons (Fsp3) is 0.190. The van der Waals surface area contributed by atoms with Crippen LogP contribution in [0.2, 0.25) is 5.02 Å². The number of halogens is 1. The van der Waals surface area contributed by atoms with Crippen LogP contribution < -0.4 is 10.6 Å². The monoisotopic (exact) mass is 394 g/mol. The number of rotatable bonds is 4. The smallest absolute Gasteiger partial charge is 0.251 e.